The highest BCUT2D eigenvalue weighted by Gasteiger charge is 2.13. The van der Waals surface area contributed by atoms with Gasteiger partial charge in [-0.1, -0.05) is 19.1 Å². The number of furan rings is 1. The maximum Gasteiger partial charge on any atom is 0.269 e. The summed E-state index contributed by atoms with van der Waals surface area (Å²) in [6.07, 6.45) is 0.848. The van der Waals surface area contributed by atoms with E-state index in [-0.39, 0.29) is 16.7 Å². The quantitative estimate of drug-likeness (QED) is 0.643. The van der Waals surface area contributed by atoms with E-state index >= 15 is 0 Å². The van der Waals surface area contributed by atoms with Crippen molar-refractivity contribution in [3.8, 4) is 0 Å². The Morgan fingerprint density at radius 2 is 2.15 bits per heavy atom. The van der Waals surface area contributed by atoms with Crippen LogP contribution in [0.25, 0.3) is 0 Å². The van der Waals surface area contributed by atoms with E-state index in [9.17, 15) is 10.1 Å². The van der Waals surface area contributed by atoms with Gasteiger partial charge in [0.2, 0.25) is 0 Å². The lowest BCUT2D eigenvalue weighted by Gasteiger charge is -2.16. The largest absolute Gasteiger partial charge is 0.465 e. The van der Waals surface area contributed by atoms with E-state index in [0.717, 1.165) is 23.5 Å². The number of rotatable bonds is 6. The predicted molar refractivity (Wildman–Crippen MR) is 76.4 cm³/mol. The molecule has 0 fully saturated rings. The van der Waals surface area contributed by atoms with Crippen LogP contribution in [-0.4, -0.2) is 4.92 Å². The Kier molecular flexibility index (Phi) is 4.53. The maximum atomic E-state index is 10.8. The molecule has 1 aromatic carbocycles. The Labute approximate surface area is 117 Å². The number of non-ortho nitro benzene ring substituents is 1. The molecular weight excluding hydrogens is 256 g/mol. The van der Waals surface area contributed by atoms with Gasteiger partial charge in [-0.05, 0) is 31.0 Å². The van der Waals surface area contributed by atoms with E-state index in [0.29, 0.717) is 6.54 Å². The molecule has 0 spiro atoms. The summed E-state index contributed by atoms with van der Waals surface area (Å²) >= 11 is 0. The second-order valence-electron chi connectivity index (χ2n) is 4.71. The molecule has 0 amide bonds. The molecule has 5 heteroatoms. The molecule has 1 N–H and O–H groups in total. The van der Waals surface area contributed by atoms with Crippen LogP contribution >= 0.6 is 0 Å². The van der Waals surface area contributed by atoms with E-state index in [1.807, 2.05) is 32.0 Å². The molecule has 0 aliphatic carbocycles. The summed E-state index contributed by atoms with van der Waals surface area (Å²) in [7, 11) is 0. The summed E-state index contributed by atoms with van der Waals surface area (Å²) in [6.45, 7) is 4.56. The Morgan fingerprint density at radius 1 is 1.35 bits per heavy atom. The van der Waals surface area contributed by atoms with Crippen LogP contribution in [0.15, 0.2) is 40.8 Å². The number of nitro benzene ring substituents is 1. The van der Waals surface area contributed by atoms with Crippen LogP contribution in [0.1, 0.15) is 36.5 Å². The van der Waals surface area contributed by atoms with Crippen molar-refractivity contribution in [2.24, 2.45) is 0 Å². The van der Waals surface area contributed by atoms with E-state index in [1.165, 1.54) is 6.07 Å². The number of nitrogens with one attached hydrogen (secondary N) is 1. The lowest BCUT2D eigenvalue weighted by molar-refractivity contribution is -0.384. The Balaban J connectivity index is 2.07. The number of aryl methyl sites for hydroxylation is 1. The first-order chi connectivity index (χ1) is 9.60. The molecule has 0 saturated carbocycles. The first kappa shape index (κ1) is 14.3. The smallest absolute Gasteiger partial charge is 0.269 e. The van der Waals surface area contributed by atoms with Crippen molar-refractivity contribution in [1.82, 2.24) is 5.32 Å². The Morgan fingerprint density at radius 3 is 2.75 bits per heavy atom. The van der Waals surface area contributed by atoms with Gasteiger partial charge >= 0.3 is 0 Å². The molecule has 5 nitrogen and oxygen atoms in total. The molecule has 0 bridgehead atoms. The van der Waals surface area contributed by atoms with Crippen LogP contribution in [0.2, 0.25) is 0 Å². The minimum Gasteiger partial charge on any atom is -0.465 e. The van der Waals surface area contributed by atoms with E-state index < -0.39 is 0 Å². The molecule has 1 heterocycles. The third-order valence-corrected chi connectivity index (χ3v) is 3.21. The molecule has 1 unspecified atom stereocenters. The van der Waals surface area contributed by atoms with Crippen molar-refractivity contribution in [1.29, 1.82) is 0 Å². The summed E-state index contributed by atoms with van der Waals surface area (Å²) in [5, 5.41) is 14.2. The van der Waals surface area contributed by atoms with E-state index in [1.54, 1.807) is 12.1 Å². The molecule has 2 aromatic rings. The SMILES string of the molecule is CCC(NCc1ccc(C)o1)c1cccc([N+](=O)[O-])c1. The highest BCUT2D eigenvalue weighted by molar-refractivity contribution is 5.35. The fourth-order valence-corrected chi connectivity index (χ4v) is 2.16. The number of nitrogens with zero attached hydrogens (tertiary/aromatic N) is 1. The Hall–Kier alpha value is -2.14. The van der Waals surface area contributed by atoms with Gasteiger partial charge in [0.15, 0.2) is 0 Å². The zero-order valence-electron chi connectivity index (χ0n) is 11.6. The van der Waals surface area contributed by atoms with E-state index in [2.05, 4.69) is 5.32 Å². The zero-order valence-corrected chi connectivity index (χ0v) is 11.6. The second-order valence-corrected chi connectivity index (χ2v) is 4.71. The van der Waals surface area contributed by atoms with Gasteiger partial charge in [0.1, 0.15) is 11.5 Å². The highest BCUT2D eigenvalue weighted by Crippen LogP contribution is 2.22. The standard InChI is InChI=1S/C15H18N2O3/c1-3-15(16-10-14-8-7-11(2)20-14)12-5-4-6-13(9-12)17(18)19/h4-9,15-16H,3,10H2,1-2H3. The molecule has 0 aliphatic rings. The maximum absolute atomic E-state index is 10.8. The third-order valence-electron chi connectivity index (χ3n) is 3.21. The normalized spacial score (nSPS) is 12.3. The summed E-state index contributed by atoms with van der Waals surface area (Å²) < 4.78 is 5.51. The molecule has 2 rings (SSSR count). The lowest BCUT2D eigenvalue weighted by Crippen LogP contribution is -2.20. The lowest BCUT2D eigenvalue weighted by atomic mass is 10.0. The number of hydrogen-bond donors (Lipinski definition) is 1. The summed E-state index contributed by atoms with van der Waals surface area (Å²) in [5.74, 6) is 1.75. The minimum absolute atomic E-state index is 0.0697. The van der Waals surface area contributed by atoms with Crippen LogP contribution in [0.3, 0.4) is 0 Å². The van der Waals surface area contributed by atoms with Gasteiger partial charge in [-0.15, -0.1) is 0 Å². The van der Waals surface area contributed by atoms with Crippen molar-refractivity contribution in [2.75, 3.05) is 0 Å². The van der Waals surface area contributed by atoms with Crippen LogP contribution < -0.4 is 5.32 Å². The molecule has 1 atom stereocenters. The van der Waals surface area contributed by atoms with Crippen molar-refractivity contribution < 1.29 is 9.34 Å². The monoisotopic (exact) mass is 274 g/mol. The first-order valence-electron chi connectivity index (χ1n) is 6.63. The van der Waals surface area contributed by atoms with Gasteiger partial charge in [-0.3, -0.25) is 10.1 Å². The van der Waals surface area contributed by atoms with Gasteiger partial charge in [0, 0.05) is 18.2 Å². The van der Waals surface area contributed by atoms with Gasteiger partial charge in [0.05, 0.1) is 11.5 Å². The summed E-state index contributed by atoms with van der Waals surface area (Å²) in [5.41, 5.74) is 1.04. The van der Waals surface area contributed by atoms with Crippen molar-refractivity contribution in [3.63, 3.8) is 0 Å². The molecule has 0 saturated heterocycles. The Bertz CT molecular complexity index is 592. The molecule has 0 radical (unpaired) electrons. The number of hydrogen-bond acceptors (Lipinski definition) is 4. The van der Waals surface area contributed by atoms with Gasteiger partial charge < -0.3 is 9.73 Å². The van der Waals surface area contributed by atoms with Gasteiger partial charge in [0.25, 0.3) is 5.69 Å². The van der Waals surface area contributed by atoms with Crippen molar-refractivity contribution in [2.45, 2.75) is 32.9 Å². The van der Waals surface area contributed by atoms with Crippen molar-refractivity contribution in [3.05, 3.63) is 63.6 Å². The van der Waals surface area contributed by atoms with Gasteiger partial charge in [-0.25, -0.2) is 0 Å². The van der Waals surface area contributed by atoms with Crippen LogP contribution in [0.4, 0.5) is 5.69 Å². The number of benzene rings is 1. The molecular formula is C15H18N2O3. The average Bonchev–Trinajstić information content (AvgIpc) is 2.85. The summed E-state index contributed by atoms with van der Waals surface area (Å²) in [4.78, 5) is 10.4. The topological polar surface area (TPSA) is 68.3 Å². The minimum atomic E-state index is -0.369. The van der Waals surface area contributed by atoms with Crippen LogP contribution in [0, 0.1) is 17.0 Å². The van der Waals surface area contributed by atoms with Gasteiger partial charge in [-0.2, -0.15) is 0 Å². The average molecular weight is 274 g/mol. The second kappa shape index (κ2) is 6.34. The fraction of sp³-hybridized carbons (Fsp3) is 0.333. The molecule has 0 aliphatic heterocycles. The summed E-state index contributed by atoms with van der Waals surface area (Å²) in [6, 6.07) is 10.7. The van der Waals surface area contributed by atoms with Crippen LogP contribution in [0.5, 0.6) is 0 Å². The van der Waals surface area contributed by atoms with E-state index in [4.69, 9.17) is 4.42 Å². The predicted octanol–water partition coefficient (Wildman–Crippen LogP) is 3.74. The number of nitro groups is 1. The van der Waals surface area contributed by atoms with Crippen molar-refractivity contribution >= 4 is 5.69 Å². The zero-order chi connectivity index (χ0) is 14.5. The fourth-order valence-electron chi connectivity index (χ4n) is 2.16. The van der Waals surface area contributed by atoms with Crippen LogP contribution in [-0.2, 0) is 6.54 Å². The molecule has 106 valence electrons. The highest BCUT2D eigenvalue weighted by atomic mass is 16.6. The third kappa shape index (κ3) is 3.45. The molecule has 1 aromatic heterocycles. The first-order valence-corrected chi connectivity index (χ1v) is 6.63. The molecule has 20 heavy (non-hydrogen) atoms.